The van der Waals surface area contributed by atoms with E-state index in [0.717, 1.165) is 56.2 Å². The van der Waals surface area contributed by atoms with Crippen molar-refractivity contribution in [3.63, 3.8) is 0 Å². The molecule has 0 spiro atoms. The Labute approximate surface area is 197 Å². The summed E-state index contributed by atoms with van der Waals surface area (Å²) in [5.74, 6) is 2.52. The van der Waals surface area contributed by atoms with E-state index in [1.165, 1.54) is 5.56 Å². The molecule has 3 aromatic rings. The second kappa shape index (κ2) is 11.4. The van der Waals surface area contributed by atoms with E-state index in [9.17, 15) is 4.39 Å². The fourth-order valence-electron chi connectivity index (χ4n) is 4.64. The molecule has 1 fully saturated rings. The van der Waals surface area contributed by atoms with Crippen molar-refractivity contribution in [2.24, 2.45) is 7.05 Å². The first kappa shape index (κ1) is 23.4. The van der Waals surface area contributed by atoms with Gasteiger partial charge in [0, 0.05) is 12.5 Å². The van der Waals surface area contributed by atoms with E-state index in [-0.39, 0.29) is 0 Å². The first-order valence-electron chi connectivity index (χ1n) is 12.3. The van der Waals surface area contributed by atoms with Crippen LogP contribution in [-0.4, -0.2) is 40.4 Å². The molecular formula is C28H36FN4+. The Morgan fingerprint density at radius 1 is 1.06 bits per heavy atom. The SMILES string of the molecule is CCC(F)C=CCc1nc(C2CCN(CCc3ccccc3)CC2)n(-c2ccccc2)[n+]1C. The van der Waals surface area contributed by atoms with Crippen LogP contribution in [0.4, 0.5) is 4.39 Å². The highest BCUT2D eigenvalue weighted by Gasteiger charge is 2.32. The van der Waals surface area contributed by atoms with E-state index in [1.54, 1.807) is 6.08 Å². The molecule has 0 saturated carbocycles. The van der Waals surface area contributed by atoms with E-state index in [1.807, 2.05) is 19.1 Å². The minimum atomic E-state index is -0.883. The molecule has 4 rings (SSSR count). The highest BCUT2D eigenvalue weighted by molar-refractivity contribution is 5.31. The van der Waals surface area contributed by atoms with Crippen LogP contribution in [0.25, 0.3) is 5.69 Å². The van der Waals surface area contributed by atoms with Gasteiger partial charge in [0.15, 0.2) is 0 Å². The number of nitrogens with zero attached hydrogens (tertiary/aromatic N) is 4. The zero-order valence-corrected chi connectivity index (χ0v) is 19.9. The largest absolute Gasteiger partial charge is 0.323 e. The number of alkyl halides is 1. The van der Waals surface area contributed by atoms with E-state index < -0.39 is 6.17 Å². The van der Waals surface area contributed by atoms with Gasteiger partial charge in [-0.15, -0.1) is 4.68 Å². The van der Waals surface area contributed by atoms with Crippen molar-refractivity contribution in [2.45, 2.75) is 51.1 Å². The van der Waals surface area contributed by atoms with E-state index in [0.29, 0.717) is 18.8 Å². The van der Waals surface area contributed by atoms with Gasteiger partial charge >= 0.3 is 5.82 Å². The van der Waals surface area contributed by atoms with Gasteiger partial charge < -0.3 is 4.90 Å². The standard InChI is InChI=1S/C28H36FN4/c1-3-25(29)13-10-16-27-30-28(33(31(27)2)26-14-8-5-9-15-26)24-18-21-32(22-19-24)20-17-23-11-6-4-7-12-23/h4-15,24-25H,3,16-22H2,1-2H3/q+1. The van der Waals surface area contributed by atoms with Gasteiger partial charge in [0.25, 0.3) is 5.82 Å². The van der Waals surface area contributed by atoms with Gasteiger partial charge in [0.1, 0.15) is 13.2 Å². The first-order valence-corrected chi connectivity index (χ1v) is 12.3. The second-order valence-electron chi connectivity index (χ2n) is 8.97. The minimum Gasteiger partial charge on any atom is -0.303 e. The predicted molar refractivity (Wildman–Crippen MR) is 131 cm³/mol. The molecule has 1 saturated heterocycles. The van der Waals surface area contributed by atoms with E-state index in [2.05, 4.69) is 75.9 Å². The summed E-state index contributed by atoms with van der Waals surface area (Å²) in [5, 5.41) is 0. The molecule has 1 aromatic heterocycles. The van der Waals surface area contributed by atoms with Gasteiger partial charge in [0.05, 0.1) is 12.1 Å². The first-order chi connectivity index (χ1) is 16.2. The number of halogens is 1. The number of hydrogen-bond acceptors (Lipinski definition) is 2. The number of aromatic nitrogens is 3. The van der Waals surface area contributed by atoms with Gasteiger partial charge in [-0.2, -0.15) is 4.68 Å². The molecule has 1 atom stereocenters. The third-order valence-corrected chi connectivity index (χ3v) is 6.68. The van der Waals surface area contributed by atoms with Crippen molar-refractivity contribution in [3.8, 4) is 5.69 Å². The number of rotatable bonds is 9. The average Bonchev–Trinajstić information content (AvgIpc) is 3.20. The van der Waals surface area contributed by atoms with Crippen molar-refractivity contribution in [1.82, 2.24) is 14.6 Å². The molecule has 0 N–H and O–H groups in total. The van der Waals surface area contributed by atoms with Crippen LogP contribution in [0.2, 0.25) is 0 Å². The summed E-state index contributed by atoms with van der Waals surface area (Å²) in [6.45, 7) is 5.16. The van der Waals surface area contributed by atoms with Crippen molar-refractivity contribution in [2.75, 3.05) is 19.6 Å². The summed E-state index contributed by atoms with van der Waals surface area (Å²) in [7, 11) is 2.06. The third kappa shape index (κ3) is 5.97. The lowest BCUT2D eigenvalue weighted by Gasteiger charge is -2.30. The van der Waals surface area contributed by atoms with Crippen molar-refractivity contribution < 1.29 is 9.07 Å². The number of likely N-dealkylation sites (tertiary alicyclic amines) is 1. The lowest BCUT2D eigenvalue weighted by atomic mass is 9.95. The summed E-state index contributed by atoms with van der Waals surface area (Å²) in [4.78, 5) is 7.66. The van der Waals surface area contributed by atoms with Gasteiger partial charge in [-0.05, 0) is 61.5 Å². The lowest BCUT2D eigenvalue weighted by Crippen LogP contribution is -2.42. The number of hydrogen-bond donors (Lipinski definition) is 0. The number of allylic oxidation sites excluding steroid dienone is 2. The lowest BCUT2D eigenvalue weighted by molar-refractivity contribution is -0.752. The Kier molecular flexibility index (Phi) is 8.05. The molecule has 174 valence electrons. The smallest absolute Gasteiger partial charge is 0.303 e. The molecule has 0 aliphatic carbocycles. The quantitative estimate of drug-likeness (QED) is 0.342. The summed E-state index contributed by atoms with van der Waals surface area (Å²) in [6.07, 6.45) is 7.16. The summed E-state index contributed by atoms with van der Waals surface area (Å²) >= 11 is 0. The predicted octanol–water partition coefficient (Wildman–Crippen LogP) is 4.97. The summed E-state index contributed by atoms with van der Waals surface area (Å²) in [5.41, 5.74) is 2.53. The Morgan fingerprint density at radius 3 is 2.39 bits per heavy atom. The molecule has 0 radical (unpaired) electrons. The van der Waals surface area contributed by atoms with Crippen molar-refractivity contribution in [1.29, 1.82) is 0 Å². The molecule has 1 aliphatic heterocycles. The fourth-order valence-corrected chi connectivity index (χ4v) is 4.64. The normalized spacial score (nSPS) is 16.5. The minimum absolute atomic E-state index is 0.423. The Balaban J connectivity index is 1.48. The van der Waals surface area contributed by atoms with Gasteiger partial charge in [-0.1, -0.05) is 67.6 Å². The number of para-hydroxylation sites is 1. The van der Waals surface area contributed by atoms with Crippen molar-refractivity contribution >= 4 is 0 Å². The second-order valence-corrected chi connectivity index (χ2v) is 8.97. The Morgan fingerprint density at radius 2 is 1.73 bits per heavy atom. The highest BCUT2D eigenvalue weighted by Crippen LogP contribution is 2.28. The highest BCUT2D eigenvalue weighted by atomic mass is 19.1. The number of piperidine rings is 1. The van der Waals surface area contributed by atoms with Gasteiger partial charge in [-0.25, -0.2) is 4.39 Å². The maximum Gasteiger partial charge on any atom is 0.323 e. The molecule has 0 bridgehead atoms. The molecular weight excluding hydrogens is 411 g/mol. The van der Waals surface area contributed by atoms with Crippen LogP contribution >= 0.6 is 0 Å². The fraction of sp³-hybridized carbons (Fsp3) is 0.429. The van der Waals surface area contributed by atoms with Crippen LogP contribution in [0.3, 0.4) is 0 Å². The molecule has 1 unspecified atom stereocenters. The molecule has 2 heterocycles. The molecule has 5 heteroatoms. The topological polar surface area (TPSA) is 24.9 Å². The van der Waals surface area contributed by atoms with Crippen LogP contribution < -0.4 is 4.68 Å². The average molecular weight is 448 g/mol. The molecule has 33 heavy (non-hydrogen) atoms. The van der Waals surface area contributed by atoms with Gasteiger partial charge in [0.2, 0.25) is 0 Å². The van der Waals surface area contributed by atoms with Crippen LogP contribution in [0.15, 0.2) is 72.8 Å². The molecule has 0 amide bonds. The molecule has 4 nitrogen and oxygen atoms in total. The van der Waals surface area contributed by atoms with Crippen LogP contribution in [0.5, 0.6) is 0 Å². The third-order valence-electron chi connectivity index (χ3n) is 6.68. The summed E-state index contributed by atoms with van der Waals surface area (Å²) < 4.78 is 18.0. The molecule has 2 aromatic carbocycles. The zero-order valence-electron chi connectivity index (χ0n) is 19.9. The monoisotopic (exact) mass is 447 g/mol. The van der Waals surface area contributed by atoms with Crippen molar-refractivity contribution in [3.05, 3.63) is 90.0 Å². The maximum atomic E-state index is 13.7. The maximum absolute atomic E-state index is 13.7. The Bertz CT molecular complexity index is 1020. The van der Waals surface area contributed by atoms with E-state index in [4.69, 9.17) is 4.98 Å². The Hall–Kier alpha value is -2.79. The molecule has 1 aliphatic rings. The van der Waals surface area contributed by atoms with E-state index >= 15 is 0 Å². The van der Waals surface area contributed by atoms with Gasteiger partial charge in [-0.3, -0.25) is 0 Å². The summed E-state index contributed by atoms with van der Waals surface area (Å²) in [6, 6.07) is 21.2. The van der Waals surface area contributed by atoms with Crippen LogP contribution in [0.1, 0.15) is 49.3 Å². The zero-order chi connectivity index (χ0) is 23.0. The van der Waals surface area contributed by atoms with Crippen LogP contribution in [-0.2, 0) is 19.9 Å². The van der Waals surface area contributed by atoms with Crippen LogP contribution in [0, 0.1) is 0 Å². The number of benzene rings is 2.